The number of amides is 2. The van der Waals surface area contributed by atoms with Gasteiger partial charge in [0.15, 0.2) is 0 Å². The number of hydrogen-bond acceptors (Lipinski definition) is 3. The molecule has 1 N–H and O–H groups in total. The van der Waals surface area contributed by atoms with Crippen LogP contribution in [0.2, 0.25) is 0 Å². The van der Waals surface area contributed by atoms with Crippen LogP contribution in [-0.2, 0) is 0 Å². The molecule has 1 fully saturated rings. The Balaban J connectivity index is 2.41. The number of urea groups is 1. The van der Waals surface area contributed by atoms with E-state index in [0.717, 1.165) is 39.3 Å². The molecule has 0 bridgehead atoms. The SMILES string of the molecule is CCN(CC)C(=O)N1CCN(CC(C)(C)O)CC1. The number of carbonyl (C=O) groups excluding carboxylic acids is 1. The minimum Gasteiger partial charge on any atom is -0.389 e. The highest BCUT2D eigenvalue weighted by molar-refractivity contribution is 5.74. The number of aliphatic hydroxyl groups is 1. The highest BCUT2D eigenvalue weighted by Crippen LogP contribution is 2.10. The lowest BCUT2D eigenvalue weighted by Gasteiger charge is -2.38. The summed E-state index contributed by atoms with van der Waals surface area (Å²) in [5.74, 6) is 0. The summed E-state index contributed by atoms with van der Waals surface area (Å²) in [5, 5.41) is 9.78. The zero-order chi connectivity index (χ0) is 13.8. The summed E-state index contributed by atoms with van der Waals surface area (Å²) >= 11 is 0. The first-order valence-corrected chi connectivity index (χ1v) is 6.86. The normalized spacial score (nSPS) is 17.9. The molecule has 1 rings (SSSR count). The van der Waals surface area contributed by atoms with E-state index in [2.05, 4.69) is 4.90 Å². The summed E-state index contributed by atoms with van der Waals surface area (Å²) in [4.78, 5) is 18.1. The fourth-order valence-electron chi connectivity index (χ4n) is 2.34. The van der Waals surface area contributed by atoms with E-state index in [4.69, 9.17) is 0 Å². The van der Waals surface area contributed by atoms with Gasteiger partial charge >= 0.3 is 6.03 Å². The van der Waals surface area contributed by atoms with E-state index in [9.17, 15) is 9.90 Å². The van der Waals surface area contributed by atoms with Crippen LogP contribution >= 0.6 is 0 Å². The van der Waals surface area contributed by atoms with Crippen molar-refractivity contribution in [2.45, 2.75) is 33.3 Å². The molecule has 1 saturated heterocycles. The Morgan fingerprint density at radius 3 is 2.06 bits per heavy atom. The second-order valence-corrected chi connectivity index (χ2v) is 5.53. The summed E-state index contributed by atoms with van der Waals surface area (Å²) in [7, 11) is 0. The summed E-state index contributed by atoms with van der Waals surface area (Å²) in [5.41, 5.74) is -0.662. The van der Waals surface area contributed by atoms with Crippen molar-refractivity contribution >= 4 is 6.03 Å². The van der Waals surface area contributed by atoms with E-state index in [1.807, 2.05) is 37.5 Å². The van der Waals surface area contributed by atoms with E-state index in [0.29, 0.717) is 6.54 Å². The Bertz CT molecular complexity index is 264. The molecule has 0 aromatic rings. The first-order valence-electron chi connectivity index (χ1n) is 6.86. The number of rotatable bonds is 4. The van der Waals surface area contributed by atoms with E-state index < -0.39 is 5.60 Å². The first kappa shape index (κ1) is 15.2. The molecule has 0 saturated carbocycles. The van der Waals surface area contributed by atoms with Crippen molar-refractivity contribution < 1.29 is 9.90 Å². The van der Waals surface area contributed by atoms with E-state index >= 15 is 0 Å². The van der Waals surface area contributed by atoms with Crippen molar-refractivity contribution in [3.8, 4) is 0 Å². The lowest BCUT2D eigenvalue weighted by Crippen LogP contribution is -2.54. The van der Waals surface area contributed by atoms with Gasteiger partial charge in [0.1, 0.15) is 0 Å². The van der Waals surface area contributed by atoms with Crippen LogP contribution in [0.15, 0.2) is 0 Å². The predicted molar refractivity (Wildman–Crippen MR) is 72.6 cm³/mol. The number of β-amino-alcohol motifs (C(OH)–C–C–N with tert-alkyl or cyclic N) is 1. The van der Waals surface area contributed by atoms with E-state index in [-0.39, 0.29) is 6.03 Å². The fraction of sp³-hybridized carbons (Fsp3) is 0.923. The maximum atomic E-state index is 12.1. The van der Waals surface area contributed by atoms with E-state index in [1.54, 1.807) is 0 Å². The average Bonchev–Trinajstić information content (AvgIpc) is 2.29. The van der Waals surface area contributed by atoms with Crippen LogP contribution < -0.4 is 0 Å². The Kier molecular flexibility index (Phi) is 5.41. The van der Waals surface area contributed by atoms with Gasteiger partial charge in [-0.25, -0.2) is 4.79 Å². The van der Waals surface area contributed by atoms with Crippen LogP contribution in [0.1, 0.15) is 27.7 Å². The minimum absolute atomic E-state index is 0.142. The molecule has 0 atom stereocenters. The van der Waals surface area contributed by atoms with Crippen molar-refractivity contribution in [2.24, 2.45) is 0 Å². The monoisotopic (exact) mass is 257 g/mol. The van der Waals surface area contributed by atoms with Crippen LogP contribution in [-0.4, -0.2) is 77.3 Å². The van der Waals surface area contributed by atoms with E-state index in [1.165, 1.54) is 0 Å². The molecule has 18 heavy (non-hydrogen) atoms. The van der Waals surface area contributed by atoms with Gasteiger partial charge in [0.25, 0.3) is 0 Å². The number of carbonyl (C=O) groups is 1. The molecular formula is C13H27N3O2. The third kappa shape index (κ3) is 4.46. The van der Waals surface area contributed by atoms with Crippen molar-refractivity contribution in [2.75, 3.05) is 45.8 Å². The molecular weight excluding hydrogens is 230 g/mol. The topological polar surface area (TPSA) is 47.0 Å². The van der Waals surface area contributed by atoms with Gasteiger partial charge in [-0.15, -0.1) is 0 Å². The van der Waals surface area contributed by atoms with Crippen LogP contribution in [0.3, 0.4) is 0 Å². The summed E-state index contributed by atoms with van der Waals surface area (Å²) < 4.78 is 0. The smallest absolute Gasteiger partial charge is 0.320 e. The van der Waals surface area contributed by atoms with Crippen LogP contribution in [0.5, 0.6) is 0 Å². The molecule has 0 aromatic heterocycles. The van der Waals surface area contributed by atoms with Crippen molar-refractivity contribution in [1.29, 1.82) is 0 Å². The molecule has 0 radical (unpaired) electrons. The second kappa shape index (κ2) is 6.38. The largest absolute Gasteiger partial charge is 0.389 e. The standard InChI is InChI=1S/C13H27N3O2/c1-5-15(6-2)12(17)16-9-7-14(8-10-16)11-13(3,4)18/h18H,5-11H2,1-4H3. The van der Waals surface area contributed by atoms with Crippen LogP contribution in [0.4, 0.5) is 4.79 Å². The number of hydrogen-bond donors (Lipinski definition) is 1. The maximum absolute atomic E-state index is 12.1. The maximum Gasteiger partial charge on any atom is 0.320 e. The summed E-state index contributed by atoms with van der Waals surface area (Å²) in [6.07, 6.45) is 0. The van der Waals surface area contributed by atoms with Gasteiger partial charge in [-0.05, 0) is 27.7 Å². The lowest BCUT2D eigenvalue weighted by molar-refractivity contribution is 0.0205. The van der Waals surface area contributed by atoms with Gasteiger partial charge in [-0.3, -0.25) is 4.90 Å². The van der Waals surface area contributed by atoms with Gasteiger partial charge in [0.2, 0.25) is 0 Å². The third-order valence-electron chi connectivity index (χ3n) is 3.29. The molecule has 1 aliphatic rings. The second-order valence-electron chi connectivity index (χ2n) is 5.53. The molecule has 0 spiro atoms. The number of nitrogens with zero attached hydrogens (tertiary/aromatic N) is 3. The highest BCUT2D eigenvalue weighted by Gasteiger charge is 2.26. The van der Waals surface area contributed by atoms with Crippen molar-refractivity contribution in [3.63, 3.8) is 0 Å². The zero-order valence-electron chi connectivity index (χ0n) is 12.1. The molecule has 5 nitrogen and oxygen atoms in total. The molecule has 0 aromatic carbocycles. The first-order chi connectivity index (χ1) is 8.37. The molecule has 106 valence electrons. The van der Waals surface area contributed by atoms with Gasteiger partial charge in [-0.1, -0.05) is 0 Å². The average molecular weight is 257 g/mol. The Morgan fingerprint density at radius 1 is 1.17 bits per heavy atom. The Morgan fingerprint density at radius 2 is 1.67 bits per heavy atom. The van der Waals surface area contributed by atoms with Gasteiger partial charge in [0.05, 0.1) is 5.60 Å². The van der Waals surface area contributed by atoms with Gasteiger partial charge < -0.3 is 14.9 Å². The van der Waals surface area contributed by atoms with Crippen molar-refractivity contribution in [1.82, 2.24) is 14.7 Å². The molecule has 1 aliphatic heterocycles. The Hall–Kier alpha value is -0.810. The zero-order valence-corrected chi connectivity index (χ0v) is 12.1. The van der Waals surface area contributed by atoms with Crippen LogP contribution in [0.25, 0.3) is 0 Å². The highest BCUT2D eigenvalue weighted by atomic mass is 16.3. The minimum atomic E-state index is -0.662. The molecule has 0 aliphatic carbocycles. The summed E-state index contributed by atoms with van der Waals surface area (Å²) in [6, 6.07) is 0.142. The number of piperazine rings is 1. The molecule has 2 amide bonds. The van der Waals surface area contributed by atoms with Gasteiger partial charge in [0, 0.05) is 45.8 Å². The Labute approximate surface area is 110 Å². The molecule has 1 heterocycles. The summed E-state index contributed by atoms with van der Waals surface area (Å²) in [6.45, 7) is 13.0. The quantitative estimate of drug-likeness (QED) is 0.812. The van der Waals surface area contributed by atoms with Crippen LogP contribution in [0, 0.1) is 0 Å². The third-order valence-corrected chi connectivity index (χ3v) is 3.29. The molecule has 5 heteroatoms. The lowest BCUT2D eigenvalue weighted by atomic mass is 10.1. The fourth-order valence-corrected chi connectivity index (χ4v) is 2.34. The predicted octanol–water partition coefficient (Wildman–Crippen LogP) is 0.837. The molecule has 0 unspecified atom stereocenters. The van der Waals surface area contributed by atoms with Gasteiger partial charge in [-0.2, -0.15) is 0 Å². The van der Waals surface area contributed by atoms with Crippen molar-refractivity contribution in [3.05, 3.63) is 0 Å².